The molecular formula is C17H24F3N5O. The lowest BCUT2D eigenvalue weighted by atomic mass is 9.91. The van der Waals surface area contributed by atoms with E-state index >= 15 is 0 Å². The average molecular weight is 371 g/mol. The van der Waals surface area contributed by atoms with E-state index in [-0.39, 0.29) is 19.0 Å². The van der Waals surface area contributed by atoms with Crippen LogP contribution in [0.1, 0.15) is 38.7 Å². The molecule has 26 heavy (non-hydrogen) atoms. The van der Waals surface area contributed by atoms with Crippen molar-refractivity contribution in [1.82, 2.24) is 15.2 Å². The molecule has 1 aromatic heterocycles. The van der Waals surface area contributed by atoms with E-state index < -0.39 is 18.5 Å². The zero-order valence-electron chi connectivity index (χ0n) is 14.9. The summed E-state index contributed by atoms with van der Waals surface area (Å²) in [6, 6.07) is 1.86. The maximum absolute atomic E-state index is 12.3. The molecule has 0 aromatic carbocycles. The van der Waals surface area contributed by atoms with Gasteiger partial charge in [0.15, 0.2) is 0 Å². The van der Waals surface area contributed by atoms with Crippen LogP contribution < -0.4 is 11.1 Å². The molecule has 0 radical (unpaired) electrons. The highest BCUT2D eigenvalue weighted by Crippen LogP contribution is 2.32. The summed E-state index contributed by atoms with van der Waals surface area (Å²) in [5, 5.41) is 3.04. The number of H-pyrrole nitrogens is 1. The molecule has 0 unspecified atom stereocenters. The molecule has 1 fully saturated rings. The Morgan fingerprint density at radius 1 is 1.35 bits per heavy atom. The minimum absolute atomic E-state index is 0.0108. The van der Waals surface area contributed by atoms with Crippen molar-refractivity contribution in [2.75, 3.05) is 13.1 Å². The summed E-state index contributed by atoms with van der Waals surface area (Å²) in [4.78, 5) is 20.1. The van der Waals surface area contributed by atoms with E-state index in [1.54, 1.807) is 12.5 Å². The van der Waals surface area contributed by atoms with E-state index in [0.29, 0.717) is 24.4 Å². The van der Waals surface area contributed by atoms with Crippen LogP contribution >= 0.6 is 0 Å². The standard InChI is InChI=1S/C15H18F3N5O.C2H6/c16-15(17,18)7-11(24)23-5-2-9(3-6-23)12(19)13-10-1-4-20-14(10)22-8-21-13;1-2/h1,4,8-9,20H,2-3,5-7,19H2,(H,21,22);1-2H3/b13-12-;. The Morgan fingerprint density at radius 2 is 2.00 bits per heavy atom. The molecule has 0 bridgehead atoms. The van der Waals surface area contributed by atoms with Crippen molar-refractivity contribution in [1.29, 1.82) is 0 Å². The normalized spacial score (nSPS) is 19.2. The predicted octanol–water partition coefficient (Wildman–Crippen LogP) is 3.12. The molecule has 4 N–H and O–H groups in total. The van der Waals surface area contributed by atoms with Crippen molar-refractivity contribution in [3.8, 4) is 0 Å². The molecule has 0 spiro atoms. The number of rotatable bonds is 2. The van der Waals surface area contributed by atoms with Gasteiger partial charge in [-0.3, -0.25) is 4.79 Å². The van der Waals surface area contributed by atoms with Gasteiger partial charge >= 0.3 is 6.18 Å². The minimum Gasteiger partial charge on any atom is -0.400 e. The van der Waals surface area contributed by atoms with E-state index in [1.807, 2.05) is 19.9 Å². The molecule has 2 aliphatic rings. The molecule has 9 heteroatoms. The number of aromatic amines is 1. The molecular weight excluding hydrogens is 347 g/mol. The zero-order valence-corrected chi connectivity index (χ0v) is 14.9. The van der Waals surface area contributed by atoms with Crippen LogP contribution in [0.3, 0.4) is 0 Å². The van der Waals surface area contributed by atoms with Gasteiger partial charge in [0.25, 0.3) is 0 Å². The smallest absolute Gasteiger partial charge is 0.397 e. The number of carbonyl (C=O) groups excluding carboxylic acids is 1. The Bertz CT molecular complexity index is 685. The third kappa shape index (κ3) is 4.59. The molecule has 0 atom stereocenters. The van der Waals surface area contributed by atoms with Gasteiger partial charge in [-0.15, -0.1) is 0 Å². The number of hydrogen-bond acceptors (Lipinski definition) is 4. The molecule has 6 nitrogen and oxygen atoms in total. The summed E-state index contributed by atoms with van der Waals surface area (Å²) in [7, 11) is 0. The second-order valence-electron chi connectivity index (χ2n) is 5.92. The van der Waals surface area contributed by atoms with Crippen molar-refractivity contribution < 1.29 is 18.0 Å². The summed E-state index contributed by atoms with van der Waals surface area (Å²) >= 11 is 0. The Balaban J connectivity index is 0.00000117. The third-order valence-corrected chi connectivity index (χ3v) is 4.32. The number of alkyl halides is 3. The third-order valence-electron chi connectivity index (χ3n) is 4.32. The molecule has 144 valence electrons. The Morgan fingerprint density at radius 3 is 2.62 bits per heavy atom. The van der Waals surface area contributed by atoms with E-state index in [0.717, 1.165) is 11.3 Å². The average Bonchev–Trinajstić information content (AvgIpc) is 3.10. The number of aliphatic imine (C=N–C) groups is 1. The summed E-state index contributed by atoms with van der Waals surface area (Å²) in [6.45, 7) is 4.56. The van der Waals surface area contributed by atoms with Crippen LogP contribution in [0.2, 0.25) is 0 Å². The monoisotopic (exact) mass is 371 g/mol. The number of hydrogen-bond donors (Lipinski definition) is 3. The lowest BCUT2D eigenvalue weighted by Gasteiger charge is -2.33. The fourth-order valence-electron chi connectivity index (χ4n) is 3.07. The fourth-order valence-corrected chi connectivity index (χ4v) is 3.07. The van der Waals surface area contributed by atoms with Gasteiger partial charge in [0.1, 0.15) is 12.2 Å². The summed E-state index contributed by atoms with van der Waals surface area (Å²) in [5.74, 6) is -0.149. The van der Waals surface area contributed by atoms with E-state index in [4.69, 9.17) is 5.73 Å². The molecule has 1 aromatic rings. The highest BCUT2D eigenvalue weighted by molar-refractivity contribution is 5.87. The number of nitrogens with two attached hydrogens (primary N) is 1. The molecule has 1 saturated heterocycles. The highest BCUT2D eigenvalue weighted by atomic mass is 19.4. The second kappa shape index (κ2) is 8.29. The van der Waals surface area contributed by atoms with Crippen LogP contribution in [-0.2, 0) is 4.79 Å². The molecule has 3 heterocycles. The molecule has 0 saturated carbocycles. The first-order valence-corrected chi connectivity index (χ1v) is 8.66. The molecule has 1 amide bonds. The molecule has 2 aliphatic heterocycles. The molecule has 0 aliphatic carbocycles. The summed E-state index contributed by atoms with van der Waals surface area (Å²) in [5.41, 5.74) is 8.55. The van der Waals surface area contributed by atoms with Crippen molar-refractivity contribution in [2.24, 2.45) is 16.6 Å². The number of amides is 1. The lowest BCUT2D eigenvalue weighted by Crippen LogP contribution is -2.41. The van der Waals surface area contributed by atoms with Crippen LogP contribution in [-0.4, -0.2) is 41.4 Å². The number of allylic oxidation sites excluding steroid dienone is 1. The number of fused-ring (bicyclic) bond motifs is 1. The van der Waals surface area contributed by atoms with Crippen molar-refractivity contribution in [2.45, 2.75) is 39.3 Å². The van der Waals surface area contributed by atoms with Gasteiger partial charge in [-0.2, -0.15) is 13.2 Å². The number of likely N-dealkylation sites (tertiary alicyclic amines) is 1. The van der Waals surface area contributed by atoms with Gasteiger partial charge in [-0.25, -0.2) is 4.99 Å². The quantitative estimate of drug-likeness (QED) is 0.747. The first-order valence-electron chi connectivity index (χ1n) is 8.66. The summed E-state index contributed by atoms with van der Waals surface area (Å²) in [6.07, 6.45) is -1.48. The highest BCUT2D eigenvalue weighted by Gasteiger charge is 2.35. The van der Waals surface area contributed by atoms with Gasteiger partial charge < -0.3 is 20.9 Å². The number of nitrogens with one attached hydrogen (secondary N) is 2. The second-order valence-corrected chi connectivity index (χ2v) is 5.92. The maximum Gasteiger partial charge on any atom is 0.397 e. The predicted molar refractivity (Wildman–Crippen MR) is 94.5 cm³/mol. The summed E-state index contributed by atoms with van der Waals surface area (Å²) < 4.78 is 37.0. The molecule has 3 rings (SSSR count). The van der Waals surface area contributed by atoms with Crippen LogP contribution in [0.4, 0.5) is 19.0 Å². The zero-order chi connectivity index (χ0) is 19.3. The number of piperidine rings is 1. The SMILES string of the molecule is CC.N/C(=C1\NC=Nc2[nH]ccc21)C1CCN(C(=O)CC(F)(F)F)CC1. The van der Waals surface area contributed by atoms with Crippen LogP contribution in [0, 0.1) is 5.92 Å². The topological polar surface area (TPSA) is 86.5 Å². The fraction of sp³-hybridized carbons (Fsp3) is 0.529. The van der Waals surface area contributed by atoms with E-state index in [1.165, 1.54) is 4.90 Å². The van der Waals surface area contributed by atoms with Crippen molar-refractivity contribution in [3.63, 3.8) is 0 Å². The van der Waals surface area contributed by atoms with Crippen molar-refractivity contribution in [3.05, 3.63) is 23.5 Å². The van der Waals surface area contributed by atoms with Gasteiger partial charge in [0, 0.05) is 36.5 Å². The van der Waals surface area contributed by atoms with Gasteiger partial charge in [-0.1, -0.05) is 13.8 Å². The Hall–Kier alpha value is -2.45. The number of carbonyl (C=O) groups is 1. The van der Waals surface area contributed by atoms with Crippen LogP contribution in [0.15, 0.2) is 23.0 Å². The Kier molecular flexibility index (Phi) is 6.33. The number of nitrogens with zero attached hydrogens (tertiary/aromatic N) is 2. The van der Waals surface area contributed by atoms with Crippen molar-refractivity contribution >= 4 is 23.8 Å². The first-order chi connectivity index (χ1) is 12.3. The van der Waals surface area contributed by atoms with Gasteiger partial charge in [0.05, 0.1) is 12.0 Å². The minimum atomic E-state index is -4.47. The Labute approximate surface area is 150 Å². The lowest BCUT2D eigenvalue weighted by molar-refractivity contribution is -0.162. The van der Waals surface area contributed by atoms with Crippen LogP contribution in [0.5, 0.6) is 0 Å². The maximum atomic E-state index is 12.3. The van der Waals surface area contributed by atoms with E-state index in [2.05, 4.69) is 15.3 Å². The number of aromatic nitrogens is 1. The van der Waals surface area contributed by atoms with Gasteiger partial charge in [-0.05, 0) is 18.9 Å². The largest absolute Gasteiger partial charge is 0.400 e. The van der Waals surface area contributed by atoms with E-state index in [9.17, 15) is 18.0 Å². The van der Waals surface area contributed by atoms with Crippen LogP contribution in [0.25, 0.3) is 5.70 Å². The number of halogens is 3. The first kappa shape index (κ1) is 19.9. The van der Waals surface area contributed by atoms with Gasteiger partial charge in [0.2, 0.25) is 5.91 Å².